The Balaban J connectivity index is 1.64. The highest BCUT2D eigenvalue weighted by molar-refractivity contribution is 6.30. The number of halogens is 1. The summed E-state index contributed by atoms with van der Waals surface area (Å²) in [5.41, 5.74) is 0.165. The summed E-state index contributed by atoms with van der Waals surface area (Å²) < 4.78 is 6.77. The lowest BCUT2D eigenvalue weighted by molar-refractivity contribution is 0.0504. The van der Waals surface area contributed by atoms with Crippen LogP contribution in [0.1, 0.15) is 68.4 Å². The molecule has 1 aliphatic carbocycles. The normalized spacial score (nSPS) is 19.5. The fourth-order valence-electron chi connectivity index (χ4n) is 5.00. The molecule has 38 heavy (non-hydrogen) atoms. The van der Waals surface area contributed by atoms with Crippen molar-refractivity contribution < 1.29 is 19.4 Å². The molecule has 9 heteroatoms. The molecule has 0 unspecified atom stereocenters. The second kappa shape index (κ2) is 11.0. The molecule has 8 nitrogen and oxygen atoms in total. The van der Waals surface area contributed by atoms with E-state index in [4.69, 9.17) is 16.3 Å². The number of aromatic carboxylic acids is 1. The SMILES string of the molecule is CC(C)(C)OC(=O)NC[C@]1(c2cccc(Cl)c2)CC[C@H](n2nc(-c3ccccc3)cc(C(=O)O)c2=O)CC1. The van der Waals surface area contributed by atoms with Crippen LogP contribution in [0.4, 0.5) is 4.79 Å². The second-order valence-corrected chi connectivity index (χ2v) is 11.2. The summed E-state index contributed by atoms with van der Waals surface area (Å²) in [4.78, 5) is 37.5. The number of nitrogens with zero attached hydrogens (tertiary/aromatic N) is 2. The predicted octanol–water partition coefficient (Wildman–Crippen LogP) is 5.84. The van der Waals surface area contributed by atoms with Crippen LogP contribution < -0.4 is 10.9 Å². The maximum absolute atomic E-state index is 13.1. The highest BCUT2D eigenvalue weighted by Crippen LogP contribution is 2.43. The molecule has 2 aromatic carbocycles. The number of hydrogen-bond acceptors (Lipinski definition) is 5. The number of rotatable bonds is 6. The van der Waals surface area contributed by atoms with Crippen LogP contribution in [0, 0.1) is 0 Å². The van der Waals surface area contributed by atoms with E-state index in [1.807, 2.05) is 69.3 Å². The first kappa shape index (κ1) is 27.4. The van der Waals surface area contributed by atoms with Gasteiger partial charge in [-0.25, -0.2) is 14.3 Å². The number of hydrogen-bond donors (Lipinski definition) is 2. The minimum absolute atomic E-state index is 0.293. The van der Waals surface area contributed by atoms with E-state index in [-0.39, 0.29) is 11.6 Å². The Morgan fingerprint density at radius 3 is 2.39 bits per heavy atom. The molecule has 0 spiro atoms. The standard InChI is InChI=1S/C29H32ClN3O5/c1-28(2,3)38-27(37)31-18-29(20-10-7-11-21(30)16-20)14-12-22(13-15-29)33-25(34)23(26(35)36)17-24(32-33)19-8-5-4-6-9-19/h4-11,16-17,22H,12-15,18H2,1-3H3,(H,31,37)(H,35,36)/t22-,29-. The van der Waals surface area contributed by atoms with E-state index in [1.165, 1.54) is 10.7 Å². The largest absolute Gasteiger partial charge is 0.477 e. The summed E-state index contributed by atoms with van der Waals surface area (Å²) in [6, 6.07) is 17.8. The van der Waals surface area contributed by atoms with Gasteiger partial charge in [-0.05, 0) is 70.2 Å². The van der Waals surface area contributed by atoms with E-state index in [1.54, 1.807) is 6.07 Å². The summed E-state index contributed by atoms with van der Waals surface area (Å²) in [7, 11) is 0. The molecule has 0 bridgehead atoms. The molecule has 1 heterocycles. The van der Waals surface area contributed by atoms with Crippen LogP contribution in [-0.4, -0.2) is 39.1 Å². The molecule has 3 aromatic rings. The van der Waals surface area contributed by atoms with Crippen LogP contribution in [0.5, 0.6) is 0 Å². The van der Waals surface area contributed by atoms with Crippen molar-refractivity contribution in [1.82, 2.24) is 15.1 Å². The molecular weight excluding hydrogens is 506 g/mol. The van der Waals surface area contributed by atoms with Crippen molar-refractivity contribution in [3.8, 4) is 11.3 Å². The molecule has 1 fully saturated rings. The van der Waals surface area contributed by atoms with Crippen molar-refractivity contribution in [2.75, 3.05) is 6.54 Å². The molecule has 0 aliphatic heterocycles. The molecule has 0 radical (unpaired) electrons. The van der Waals surface area contributed by atoms with Crippen LogP contribution in [0.3, 0.4) is 0 Å². The van der Waals surface area contributed by atoms with Gasteiger partial charge in [0.2, 0.25) is 0 Å². The van der Waals surface area contributed by atoms with Crippen molar-refractivity contribution in [3.63, 3.8) is 0 Å². The van der Waals surface area contributed by atoms with Gasteiger partial charge in [-0.1, -0.05) is 54.1 Å². The minimum atomic E-state index is -1.28. The number of alkyl carbamates (subject to hydrolysis) is 1. The third-order valence-electron chi connectivity index (χ3n) is 6.90. The summed E-state index contributed by atoms with van der Waals surface area (Å²) in [5.74, 6) is -1.28. The Morgan fingerprint density at radius 2 is 1.79 bits per heavy atom. The van der Waals surface area contributed by atoms with Gasteiger partial charge in [0.1, 0.15) is 11.2 Å². The van der Waals surface area contributed by atoms with Gasteiger partial charge >= 0.3 is 12.1 Å². The fraction of sp³-hybridized carbons (Fsp3) is 0.379. The molecule has 0 atom stereocenters. The molecule has 200 valence electrons. The number of amides is 1. The lowest BCUT2D eigenvalue weighted by Gasteiger charge is -2.41. The summed E-state index contributed by atoms with van der Waals surface area (Å²) in [5, 5.41) is 17.8. The van der Waals surface area contributed by atoms with E-state index in [9.17, 15) is 19.5 Å². The number of ether oxygens (including phenoxy) is 1. The number of carbonyl (C=O) groups is 2. The number of nitrogens with one attached hydrogen (secondary N) is 1. The average Bonchev–Trinajstić information content (AvgIpc) is 2.87. The van der Waals surface area contributed by atoms with Gasteiger partial charge in [-0.15, -0.1) is 0 Å². The maximum Gasteiger partial charge on any atom is 0.407 e. The molecule has 2 N–H and O–H groups in total. The third kappa shape index (κ3) is 6.25. The first-order chi connectivity index (χ1) is 18.0. The fourth-order valence-corrected chi connectivity index (χ4v) is 5.19. The monoisotopic (exact) mass is 537 g/mol. The van der Waals surface area contributed by atoms with Crippen LogP contribution in [-0.2, 0) is 10.2 Å². The molecule has 1 aliphatic rings. The molecule has 1 aromatic heterocycles. The summed E-state index contributed by atoms with van der Waals surface area (Å²) in [6.45, 7) is 5.76. The number of aromatic nitrogens is 2. The maximum atomic E-state index is 13.1. The van der Waals surface area contributed by atoms with E-state index >= 15 is 0 Å². The van der Waals surface area contributed by atoms with Crippen molar-refractivity contribution in [2.45, 2.75) is 63.5 Å². The topological polar surface area (TPSA) is 111 Å². The minimum Gasteiger partial charge on any atom is -0.477 e. The zero-order valence-corrected chi connectivity index (χ0v) is 22.5. The molecule has 4 rings (SSSR count). The van der Waals surface area contributed by atoms with E-state index in [2.05, 4.69) is 10.4 Å². The zero-order valence-electron chi connectivity index (χ0n) is 21.7. The second-order valence-electron chi connectivity index (χ2n) is 10.7. The van der Waals surface area contributed by atoms with Crippen LogP contribution in [0.2, 0.25) is 5.02 Å². The molecule has 1 amide bonds. The molecule has 1 saturated carbocycles. The lowest BCUT2D eigenvalue weighted by atomic mass is 9.68. The van der Waals surface area contributed by atoms with E-state index < -0.39 is 28.6 Å². The van der Waals surface area contributed by atoms with Crippen LogP contribution >= 0.6 is 11.6 Å². The Labute approximate surface area is 226 Å². The molecular formula is C29H32ClN3O5. The Kier molecular flexibility index (Phi) is 7.92. The van der Waals surface area contributed by atoms with Gasteiger partial charge < -0.3 is 15.2 Å². The van der Waals surface area contributed by atoms with E-state index in [0.717, 1.165) is 11.1 Å². The van der Waals surface area contributed by atoms with E-state index in [0.29, 0.717) is 42.9 Å². The van der Waals surface area contributed by atoms with Crippen molar-refractivity contribution >= 4 is 23.7 Å². The Hall–Kier alpha value is -3.65. The number of benzene rings is 2. The smallest absolute Gasteiger partial charge is 0.407 e. The van der Waals surface area contributed by atoms with Gasteiger partial charge in [-0.2, -0.15) is 5.10 Å². The lowest BCUT2D eigenvalue weighted by Crippen LogP contribution is -2.46. The predicted molar refractivity (Wildman–Crippen MR) is 146 cm³/mol. The van der Waals surface area contributed by atoms with Gasteiger partial charge in [0, 0.05) is 22.5 Å². The van der Waals surface area contributed by atoms with Gasteiger partial charge in [0.05, 0.1) is 11.7 Å². The van der Waals surface area contributed by atoms with Crippen molar-refractivity contribution in [3.05, 3.63) is 87.2 Å². The average molecular weight is 538 g/mol. The number of carboxylic acids is 1. The van der Waals surface area contributed by atoms with Crippen molar-refractivity contribution in [1.29, 1.82) is 0 Å². The van der Waals surface area contributed by atoms with Gasteiger partial charge in [0.25, 0.3) is 5.56 Å². The van der Waals surface area contributed by atoms with Crippen LogP contribution in [0.25, 0.3) is 11.3 Å². The van der Waals surface area contributed by atoms with Crippen molar-refractivity contribution in [2.24, 2.45) is 0 Å². The molecule has 0 saturated heterocycles. The quantitative estimate of drug-likeness (QED) is 0.408. The summed E-state index contributed by atoms with van der Waals surface area (Å²) >= 11 is 6.32. The Bertz CT molecular complexity index is 1370. The zero-order chi connectivity index (χ0) is 27.5. The van der Waals surface area contributed by atoms with Gasteiger partial charge in [0.15, 0.2) is 0 Å². The highest BCUT2D eigenvalue weighted by atomic mass is 35.5. The first-order valence-corrected chi connectivity index (χ1v) is 13.0. The summed E-state index contributed by atoms with van der Waals surface area (Å²) in [6.07, 6.45) is 1.87. The highest BCUT2D eigenvalue weighted by Gasteiger charge is 2.39. The van der Waals surface area contributed by atoms with Crippen LogP contribution in [0.15, 0.2) is 65.5 Å². The Morgan fingerprint density at radius 1 is 1.11 bits per heavy atom. The van der Waals surface area contributed by atoms with Gasteiger partial charge in [-0.3, -0.25) is 4.79 Å². The first-order valence-electron chi connectivity index (χ1n) is 12.6. The third-order valence-corrected chi connectivity index (χ3v) is 7.14. The number of carbonyl (C=O) groups excluding carboxylic acids is 1. The number of carboxylic acid groups (broad SMARTS) is 1.